The molecule has 0 aliphatic rings. The fourth-order valence-electron chi connectivity index (χ4n) is 2.96. The Morgan fingerprint density at radius 1 is 0.700 bits per heavy atom. The zero-order valence-electron chi connectivity index (χ0n) is 18.4. The lowest BCUT2D eigenvalue weighted by molar-refractivity contribution is 0.0728. The van der Waals surface area contributed by atoms with Crippen LogP contribution in [0.3, 0.4) is 0 Å². The Bertz CT molecular complexity index is 713. The zero-order chi connectivity index (χ0) is 21.4. The fraction of sp³-hybridized carbons (Fsp3) is 0.520. The second-order valence-electron chi connectivity index (χ2n) is 7.41. The number of unbranched alkanes of at least 4 members (excludes halogenated alkanes) is 7. The van der Waals surface area contributed by atoms with Gasteiger partial charge < -0.3 is 14.2 Å². The largest absolute Gasteiger partial charge is 0.494 e. The highest BCUT2D eigenvalue weighted by atomic mass is 16.5. The number of ether oxygens (including phenoxy) is 3. The second-order valence-corrected chi connectivity index (χ2v) is 7.41. The second kappa shape index (κ2) is 14.4. The van der Waals surface area contributed by atoms with E-state index in [1.807, 2.05) is 12.1 Å². The molecule has 0 aliphatic carbocycles. The van der Waals surface area contributed by atoms with Gasteiger partial charge in [0.2, 0.25) is 0 Å². The molecule has 0 saturated heterocycles. The van der Waals surface area contributed by atoms with E-state index in [0.717, 1.165) is 18.6 Å². The van der Waals surface area contributed by atoms with Crippen LogP contribution in [0.25, 0.3) is 0 Å². The molecule has 1 aromatic heterocycles. The number of hydrogen-bond donors (Lipinski definition) is 0. The Morgan fingerprint density at radius 3 is 1.83 bits per heavy atom. The summed E-state index contributed by atoms with van der Waals surface area (Å²) in [4.78, 5) is 16.4. The van der Waals surface area contributed by atoms with Gasteiger partial charge in [-0.05, 0) is 49.2 Å². The van der Waals surface area contributed by atoms with Gasteiger partial charge in [0, 0.05) is 0 Å². The molecule has 0 bridgehead atoms. The first kappa shape index (κ1) is 23.7. The van der Waals surface area contributed by atoms with Crippen molar-refractivity contribution in [2.75, 3.05) is 13.2 Å². The molecule has 5 heteroatoms. The van der Waals surface area contributed by atoms with Crippen molar-refractivity contribution >= 4 is 5.97 Å². The molecular formula is C25H35NO4. The summed E-state index contributed by atoms with van der Waals surface area (Å²) in [6, 6.07) is 10.5. The quantitative estimate of drug-likeness (QED) is 0.187. The van der Waals surface area contributed by atoms with Gasteiger partial charge in [-0.1, -0.05) is 58.8 Å². The van der Waals surface area contributed by atoms with Crippen LogP contribution >= 0.6 is 0 Å². The summed E-state index contributed by atoms with van der Waals surface area (Å²) in [6.45, 7) is 5.77. The Morgan fingerprint density at radius 2 is 1.23 bits per heavy atom. The topological polar surface area (TPSA) is 57.7 Å². The standard InChI is InChI=1S/C25H35NO4/c1-3-5-7-9-11-19-29-23-16-17-24(26-20-23)25(27)30-22-14-12-21(13-15-22)28-18-10-8-6-4-2/h12-17,20H,3-11,18-19H2,1-2H3. The SMILES string of the molecule is CCCCCCCOc1ccc(C(=O)Oc2ccc(OCCCCCC)cc2)nc1. The van der Waals surface area contributed by atoms with E-state index in [1.54, 1.807) is 30.5 Å². The van der Waals surface area contributed by atoms with Crippen molar-refractivity contribution in [2.24, 2.45) is 0 Å². The summed E-state index contributed by atoms with van der Waals surface area (Å²) in [7, 11) is 0. The van der Waals surface area contributed by atoms with E-state index >= 15 is 0 Å². The maximum atomic E-state index is 12.3. The summed E-state index contributed by atoms with van der Waals surface area (Å²) < 4.78 is 16.8. The van der Waals surface area contributed by atoms with E-state index in [-0.39, 0.29) is 5.69 Å². The normalized spacial score (nSPS) is 10.6. The van der Waals surface area contributed by atoms with Crippen LogP contribution in [0.2, 0.25) is 0 Å². The molecule has 5 nitrogen and oxygen atoms in total. The van der Waals surface area contributed by atoms with E-state index in [9.17, 15) is 4.79 Å². The minimum atomic E-state index is -0.491. The zero-order valence-corrected chi connectivity index (χ0v) is 18.4. The van der Waals surface area contributed by atoms with Crippen LogP contribution in [0.5, 0.6) is 17.2 Å². The number of nitrogens with zero attached hydrogens (tertiary/aromatic N) is 1. The fourth-order valence-corrected chi connectivity index (χ4v) is 2.96. The minimum Gasteiger partial charge on any atom is -0.494 e. The average Bonchev–Trinajstić information content (AvgIpc) is 2.77. The van der Waals surface area contributed by atoms with Gasteiger partial charge in [0.15, 0.2) is 0 Å². The van der Waals surface area contributed by atoms with Crippen molar-refractivity contribution in [1.82, 2.24) is 4.98 Å². The Hall–Kier alpha value is -2.56. The highest BCUT2D eigenvalue weighted by Crippen LogP contribution is 2.19. The smallest absolute Gasteiger partial charge is 0.362 e. The maximum Gasteiger partial charge on any atom is 0.362 e. The molecular weight excluding hydrogens is 378 g/mol. The number of rotatable bonds is 15. The molecule has 0 N–H and O–H groups in total. The van der Waals surface area contributed by atoms with Crippen molar-refractivity contribution in [3.8, 4) is 17.2 Å². The van der Waals surface area contributed by atoms with Gasteiger partial charge in [0.05, 0.1) is 19.4 Å². The van der Waals surface area contributed by atoms with Crippen LogP contribution in [0.15, 0.2) is 42.6 Å². The van der Waals surface area contributed by atoms with E-state index in [0.29, 0.717) is 24.7 Å². The third kappa shape index (κ3) is 9.29. The monoisotopic (exact) mass is 413 g/mol. The Labute approximate surface area is 180 Å². The molecule has 0 unspecified atom stereocenters. The Kier molecular flexibility index (Phi) is 11.4. The number of pyridine rings is 1. The first-order valence-electron chi connectivity index (χ1n) is 11.3. The molecule has 2 aromatic rings. The molecule has 0 saturated carbocycles. The first-order valence-corrected chi connectivity index (χ1v) is 11.3. The molecule has 30 heavy (non-hydrogen) atoms. The van der Waals surface area contributed by atoms with Gasteiger partial charge >= 0.3 is 5.97 Å². The van der Waals surface area contributed by atoms with E-state index in [4.69, 9.17) is 14.2 Å². The summed E-state index contributed by atoms with van der Waals surface area (Å²) in [6.07, 6.45) is 12.2. The molecule has 2 rings (SSSR count). The van der Waals surface area contributed by atoms with Gasteiger partial charge in [-0.2, -0.15) is 0 Å². The van der Waals surface area contributed by atoms with Crippen molar-refractivity contribution in [2.45, 2.75) is 71.6 Å². The third-order valence-electron chi connectivity index (χ3n) is 4.76. The number of hydrogen-bond acceptors (Lipinski definition) is 5. The van der Waals surface area contributed by atoms with Crippen molar-refractivity contribution in [1.29, 1.82) is 0 Å². The van der Waals surface area contributed by atoms with Gasteiger partial charge in [-0.3, -0.25) is 0 Å². The van der Waals surface area contributed by atoms with Crippen molar-refractivity contribution < 1.29 is 19.0 Å². The van der Waals surface area contributed by atoms with Gasteiger partial charge in [-0.25, -0.2) is 9.78 Å². The number of aromatic nitrogens is 1. The number of carbonyl (C=O) groups is 1. The lowest BCUT2D eigenvalue weighted by Gasteiger charge is -2.08. The molecule has 1 aromatic carbocycles. The third-order valence-corrected chi connectivity index (χ3v) is 4.76. The number of carbonyl (C=O) groups excluding carboxylic acids is 1. The predicted octanol–water partition coefficient (Wildman–Crippen LogP) is 6.61. The number of benzene rings is 1. The molecule has 0 fully saturated rings. The highest BCUT2D eigenvalue weighted by Gasteiger charge is 2.10. The molecule has 0 aliphatic heterocycles. The minimum absolute atomic E-state index is 0.251. The van der Waals surface area contributed by atoms with E-state index < -0.39 is 5.97 Å². The van der Waals surface area contributed by atoms with Crippen molar-refractivity contribution in [3.05, 3.63) is 48.3 Å². The van der Waals surface area contributed by atoms with Crippen LogP contribution in [-0.2, 0) is 0 Å². The molecule has 164 valence electrons. The van der Waals surface area contributed by atoms with E-state index in [1.165, 1.54) is 44.9 Å². The van der Waals surface area contributed by atoms with Gasteiger partial charge in [0.1, 0.15) is 22.9 Å². The maximum absolute atomic E-state index is 12.3. The Balaban J connectivity index is 1.72. The molecule has 0 atom stereocenters. The average molecular weight is 414 g/mol. The summed E-state index contributed by atoms with van der Waals surface area (Å²) in [5.74, 6) is 1.42. The summed E-state index contributed by atoms with van der Waals surface area (Å²) in [5, 5.41) is 0. The summed E-state index contributed by atoms with van der Waals surface area (Å²) >= 11 is 0. The molecule has 0 amide bonds. The molecule has 0 radical (unpaired) electrons. The van der Waals surface area contributed by atoms with Crippen LogP contribution in [0.4, 0.5) is 0 Å². The van der Waals surface area contributed by atoms with Gasteiger partial charge in [0.25, 0.3) is 0 Å². The van der Waals surface area contributed by atoms with Crippen LogP contribution in [0.1, 0.15) is 82.1 Å². The lowest BCUT2D eigenvalue weighted by Crippen LogP contribution is -2.10. The predicted molar refractivity (Wildman–Crippen MR) is 120 cm³/mol. The highest BCUT2D eigenvalue weighted by molar-refractivity contribution is 5.89. The summed E-state index contributed by atoms with van der Waals surface area (Å²) in [5.41, 5.74) is 0.251. The van der Waals surface area contributed by atoms with E-state index in [2.05, 4.69) is 18.8 Å². The lowest BCUT2D eigenvalue weighted by atomic mass is 10.2. The van der Waals surface area contributed by atoms with Gasteiger partial charge in [-0.15, -0.1) is 0 Å². The van der Waals surface area contributed by atoms with Crippen LogP contribution in [0, 0.1) is 0 Å². The van der Waals surface area contributed by atoms with Crippen LogP contribution in [-0.4, -0.2) is 24.2 Å². The number of esters is 1. The first-order chi connectivity index (χ1) is 14.7. The molecule has 0 spiro atoms. The van der Waals surface area contributed by atoms with Crippen molar-refractivity contribution in [3.63, 3.8) is 0 Å². The molecule has 1 heterocycles. The van der Waals surface area contributed by atoms with Crippen LogP contribution < -0.4 is 14.2 Å².